The largest absolute Gasteiger partial charge is 0.493 e. The number of aromatic amines is 1. The summed E-state index contributed by atoms with van der Waals surface area (Å²) in [6.07, 6.45) is 0.305. The van der Waals surface area contributed by atoms with Gasteiger partial charge in [0.25, 0.3) is 0 Å². The Morgan fingerprint density at radius 1 is 1.26 bits per heavy atom. The van der Waals surface area contributed by atoms with Gasteiger partial charge in [0.05, 0.1) is 18.0 Å². The van der Waals surface area contributed by atoms with Crippen LogP contribution in [0.2, 0.25) is 0 Å². The van der Waals surface area contributed by atoms with Crippen LogP contribution in [0.25, 0.3) is 10.9 Å². The number of hydrogen-bond acceptors (Lipinski definition) is 4. The van der Waals surface area contributed by atoms with Crippen LogP contribution in [0.1, 0.15) is 48.0 Å². The van der Waals surface area contributed by atoms with E-state index in [-0.39, 0.29) is 34.5 Å². The van der Waals surface area contributed by atoms with Crippen molar-refractivity contribution in [2.45, 2.75) is 37.0 Å². The number of methoxy groups -OCH3 is 1. The molecule has 160 valence electrons. The molecule has 2 heterocycles. The number of nitrogens with one attached hydrogen (secondary N) is 1. The normalized spacial score (nSPS) is 20.4. The van der Waals surface area contributed by atoms with E-state index in [1.165, 1.54) is 31.5 Å². The Morgan fingerprint density at radius 3 is 2.74 bits per heavy atom. The molecule has 9 heteroatoms. The van der Waals surface area contributed by atoms with Crippen molar-refractivity contribution in [2.75, 3.05) is 7.11 Å². The summed E-state index contributed by atoms with van der Waals surface area (Å²) in [5, 5.41) is 9.27. The Bertz CT molecular complexity index is 1270. The summed E-state index contributed by atoms with van der Waals surface area (Å²) in [5.41, 5.74) is 0.175. The Morgan fingerprint density at radius 2 is 2.03 bits per heavy atom. The monoisotopic (exact) mass is 431 g/mol. The Balaban J connectivity index is 1.89. The van der Waals surface area contributed by atoms with Gasteiger partial charge < -0.3 is 9.72 Å². The van der Waals surface area contributed by atoms with E-state index in [1.54, 1.807) is 0 Å². The van der Waals surface area contributed by atoms with E-state index >= 15 is 0 Å². The number of fused-ring (bicyclic) bond motifs is 1. The van der Waals surface area contributed by atoms with Crippen LogP contribution in [0, 0.1) is 23.0 Å². The summed E-state index contributed by atoms with van der Waals surface area (Å²) < 4.78 is 61.8. The van der Waals surface area contributed by atoms with E-state index in [2.05, 4.69) is 9.97 Å². The first-order valence-electron chi connectivity index (χ1n) is 9.57. The highest BCUT2D eigenvalue weighted by molar-refractivity contribution is 5.82. The topological polar surface area (TPSA) is 78.8 Å². The van der Waals surface area contributed by atoms with Crippen LogP contribution in [0.3, 0.4) is 0 Å². The van der Waals surface area contributed by atoms with Crippen LogP contribution in [0.15, 0.2) is 35.3 Å². The fourth-order valence-electron chi connectivity index (χ4n) is 4.38. The molecule has 2 aromatic heterocycles. The average molecular weight is 431 g/mol. The van der Waals surface area contributed by atoms with Gasteiger partial charge in [-0.3, -0.25) is 4.79 Å². The van der Waals surface area contributed by atoms with Gasteiger partial charge in [-0.1, -0.05) is 6.07 Å². The number of alkyl halides is 2. The number of nitriles is 1. The van der Waals surface area contributed by atoms with Crippen LogP contribution in [-0.2, 0) is 0 Å². The van der Waals surface area contributed by atoms with Crippen molar-refractivity contribution < 1.29 is 22.3 Å². The van der Waals surface area contributed by atoms with Gasteiger partial charge in [-0.15, -0.1) is 0 Å². The van der Waals surface area contributed by atoms with E-state index in [0.29, 0.717) is 5.52 Å². The van der Waals surface area contributed by atoms with Gasteiger partial charge in [0.1, 0.15) is 6.07 Å². The molecule has 1 N–H and O–H groups in total. The lowest BCUT2D eigenvalue weighted by Crippen LogP contribution is -2.31. The summed E-state index contributed by atoms with van der Waals surface area (Å²) in [7, 11) is 1.18. The first-order valence-corrected chi connectivity index (χ1v) is 9.57. The second-order valence-electron chi connectivity index (χ2n) is 7.58. The molecule has 3 aromatic rings. The zero-order valence-corrected chi connectivity index (χ0v) is 16.4. The third-order valence-corrected chi connectivity index (χ3v) is 5.78. The van der Waals surface area contributed by atoms with Crippen LogP contribution < -0.4 is 10.2 Å². The van der Waals surface area contributed by atoms with Gasteiger partial charge in [-0.25, -0.2) is 18.2 Å². The van der Waals surface area contributed by atoms with Gasteiger partial charge >= 0.3 is 0 Å². The van der Waals surface area contributed by atoms with Crippen molar-refractivity contribution in [1.82, 2.24) is 9.97 Å². The number of hydrogen-bond donors (Lipinski definition) is 1. The molecular formula is C22H17F4N3O2. The molecule has 1 fully saturated rings. The third-order valence-electron chi connectivity index (χ3n) is 5.78. The van der Waals surface area contributed by atoms with Crippen molar-refractivity contribution in [1.29, 1.82) is 5.26 Å². The highest BCUT2D eigenvalue weighted by atomic mass is 19.3. The molecule has 0 spiro atoms. The third kappa shape index (κ3) is 3.63. The number of rotatable bonds is 3. The zero-order chi connectivity index (χ0) is 22.3. The molecule has 1 saturated carbocycles. The quantitative estimate of drug-likeness (QED) is 0.606. The summed E-state index contributed by atoms with van der Waals surface area (Å²) in [4.78, 5) is 19.6. The van der Waals surface area contributed by atoms with Gasteiger partial charge in [-0.05, 0) is 24.5 Å². The number of benzene rings is 1. The highest BCUT2D eigenvalue weighted by Gasteiger charge is 2.44. The Kier molecular flexibility index (Phi) is 5.17. The van der Waals surface area contributed by atoms with E-state index in [1.807, 2.05) is 6.07 Å². The molecule has 31 heavy (non-hydrogen) atoms. The molecule has 0 radical (unpaired) electrons. The van der Waals surface area contributed by atoms with Gasteiger partial charge in [0.15, 0.2) is 22.7 Å². The second kappa shape index (κ2) is 7.69. The summed E-state index contributed by atoms with van der Waals surface area (Å²) in [6.45, 7) is 0. The molecule has 0 aliphatic heterocycles. The maximum absolute atomic E-state index is 14.4. The summed E-state index contributed by atoms with van der Waals surface area (Å²) >= 11 is 0. The van der Waals surface area contributed by atoms with Crippen LogP contribution in [-0.4, -0.2) is 23.0 Å². The fourth-order valence-corrected chi connectivity index (χ4v) is 4.38. The lowest BCUT2D eigenvalue weighted by molar-refractivity contribution is -0.0466. The van der Waals surface area contributed by atoms with Gasteiger partial charge in [0, 0.05) is 42.3 Å². The number of halogens is 4. The van der Waals surface area contributed by atoms with Crippen molar-refractivity contribution in [3.8, 4) is 11.8 Å². The van der Waals surface area contributed by atoms with Crippen molar-refractivity contribution in [2.24, 2.45) is 0 Å². The molecule has 4 rings (SSSR count). The van der Waals surface area contributed by atoms with Crippen molar-refractivity contribution >= 4 is 10.9 Å². The number of aromatic nitrogens is 2. The van der Waals surface area contributed by atoms with E-state index in [9.17, 15) is 27.6 Å². The first-order chi connectivity index (χ1) is 14.8. The van der Waals surface area contributed by atoms with Gasteiger partial charge in [0.2, 0.25) is 11.7 Å². The summed E-state index contributed by atoms with van der Waals surface area (Å²) in [6, 6.07) is 6.76. The lowest BCUT2D eigenvalue weighted by atomic mass is 9.72. The standard InChI is InChI=1S/C22H17F4N3O2/c1-31-21-12(2-3-14(23)20(21)24)11-4-6-22(25,26)9-13(11)16-8-18(30)19-15(29-16)5-7-28-17(19)10-27/h2-3,5,7-8,11,13H,4,6,9H2,1H3,(H,29,30)/t11-,13+/m0/s1. The molecule has 0 amide bonds. The molecule has 0 saturated heterocycles. The van der Waals surface area contributed by atoms with Crippen molar-refractivity contribution in [3.63, 3.8) is 0 Å². The first kappa shape index (κ1) is 20.8. The number of nitrogens with zero attached hydrogens (tertiary/aromatic N) is 2. The fraction of sp³-hybridized carbons (Fsp3) is 0.318. The molecule has 5 nitrogen and oxygen atoms in total. The number of H-pyrrole nitrogens is 1. The Hall–Kier alpha value is -3.41. The minimum Gasteiger partial charge on any atom is -0.493 e. The molecule has 0 unspecified atom stereocenters. The smallest absolute Gasteiger partial charge is 0.248 e. The minimum absolute atomic E-state index is 0.0149. The van der Waals surface area contributed by atoms with Crippen molar-refractivity contribution in [3.05, 3.63) is 69.3 Å². The maximum Gasteiger partial charge on any atom is 0.248 e. The highest BCUT2D eigenvalue weighted by Crippen LogP contribution is 2.51. The van der Waals surface area contributed by atoms with E-state index in [4.69, 9.17) is 4.74 Å². The van der Waals surface area contributed by atoms with E-state index in [0.717, 1.165) is 6.07 Å². The molecule has 1 aliphatic rings. The van der Waals surface area contributed by atoms with Crippen LogP contribution in [0.4, 0.5) is 17.6 Å². The van der Waals surface area contributed by atoms with Gasteiger partial charge in [-0.2, -0.15) is 9.65 Å². The SMILES string of the molecule is COc1c([C@@H]2CCC(F)(F)C[C@H]2c2cc(=O)c3c(C#N)nccc3[nH]2)ccc(F)c1F. The Labute approximate surface area is 174 Å². The maximum atomic E-state index is 14.4. The van der Waals surface area contributed by atoms with Crippen LogP contribution >= 0.6 is 0 Å². The predicted molar refractivity (Wildman–Crippen MR) is 104 cm³/mol. The van der Waals surface area contributed by atoms with Crippen LogP contribution in [0.5, 0.6) is 5.75 Å². The number of ether oxygens (including phenoxy) is 1. The predicted octanol–water partition coefficient (Wildman–Crippen LogP) is 4.77. The molecule has 2 atom stereocenters. The minimum atomic E-state index is -2.99. The van der Waals surface area contributed by atoms with E-state index < -0.39 is 47.7 Å². The zero-order valence-electron chi connectivity index (χ0n) is 16.4. The molecule has 1 aromatic carbocycles. The number of pyridine rings is 2. The average Bonchev–Trinajstić information content (AvgIpc) is 2.74. The molecule has 0 bridgehead atoms. The second-order valence-corrected chi connectivity index (χ2v) is 7.58. The molecular weight excluding hydrogens is 414 g/mol. The molecule has 1 aliphatic carbocycles. The lowest BCUT2D eigenvalue weighted by Gasteiger charge is -2.37. The summed E-state index contributed by atoms with van der Waals surface area (Å²) in [5.74, 6) is -7.15.